The lowest BCUT2D eigenvalue weighted by molar-refractivity contribution is -0.137. The molecular formula is C17H21F3N2O3S. The van der Waals surface area contributed by atoms with E-state index in [9.17, 15) is 26.4 Å². The summed E-state index contributed by atoms with van der Waals surface area (Å²) in [5.41, 5.74) is -0.238. The van der Waals surface area contributed by atoms with Crippen LogP contribution in [0.1, 0.15) is 36.8 Å². The van der Waals surface area contributed by atoms with Crippen molar-refractivity contribution in [3.8, 4) is 0 Å². The van der Waals surface area contributed by atoms with Gasteiger partial charge in [-0.15, -0.1) is 0 Å². The molecule has 1 aromatic rings. The predicted octanol–water partition coefficient (Wildman–Crippen LogP) is 2.32. The highest BCUT2D eigenvalue weighted by Gasteiger charge is 2.45. The van der Waals surface area contributed by atoms with Gasteiger partial charge in [-0.05, 0) is 43.4 Å². The van der Waals surface area contributed by atoms with Crippen molar-refractivity contribution in [3.05, 3.63) is 35.4 Å². The summed E-state index contributed by atoms with van der Waals surface area (Å²) < 4.78 is 63.0. The van der Waals surface area contributed by atoms with E-state index in [2.05, 4.69) is 5.32 Å². The number of carbonyl (C=O) groups is 1. The molecule has 144 valence electrons. The number of alkyl halides is 3. The Labute approximate surface area is 150 Å². The first-order chi connectivity index (χ1) is 12.0. The smallest absolute Gasteiger partial charge is 0.353 e. The maximum atomic E-state index is 12.6. The summed E-state index contributed by atoms with van der Waals surface area (Å²) in [5, 5.41) is 2.90. The van der Waals surface area contributed by atoms with Gasteiger partial charge in [0.2, 0.25) is 15.9 Å². The first-order valence-corrected chi connectivity index (χ1v) is 10.3. The lowest BCUT2D eigenvalue weighted by Crippen LogP contribution is -2.52. The van der Waals surface area contributed by atoms with Crippen LogP contribution >= 0.6 is 0 Å². The number of amides is 1. The number of hydrogen-bond acceptors (Lipinski definition) is 3. The standard InChI is InChI=1S/C17H21F3N2O3S/c1-26(24,25)22-14-6-7-15(22)10-13(9-14)21-16(23)8-11-2-4-12(5-3-11)17(18,19)20/h2-5,13-15H,6-10H2,1H3,(H,21,23)/t14-,15-/m0/s1. The minimum atomic E-state index is -4.40. The summed E-state index contributed by atoms with van der Waals surface area (Å²) in [6.45, 7) is 0. The van der Waals surface area contributed by atoms with Gasteiger partial charge < -0.3 is 5.32 Å². The summed E-state index contributed by atoms with van der Waals surface area (Å²) in [6, 6.07) is 4.27. The van der Waals surface area contributed by atoms with Crippen LogP contribution in [0.4, 0.5) is 13.2 Å². The van der Waals surface area contributed by atoms with E-state index in [1.807, 2.05) is 0 Å². The van der Waals surface area contributed by atoms with Crippen molar-refractivity contribution in [3.63, 3.8) is 0 Å². The molecule has 2 saturated heterocycles. The highest BCUT2D eigenvalue weighted by molar-refractivity contribution is 7.88. The van der Waals surface area contributed by atoms with Crippen molar-refractivity contribution >= 4 is 15.9 Å². The van der Waals surface area contributed by atoms with Crippen molar-refractivity contribution in [1.29, 1.82) is 0 Å². The second kappa shape index (κ2) is 6.84. The van der Waals surface area contributed by atoms with Crippen molar-refractivity contribution in [2.24, 2.45) is 0 Å². The Bertz CT molecular complexity index is 763. The van der Waals surface area contributed by atoms with Crippen LogP contribution in [0.15, 0.2) is 24.3 Å². The van der Waals surface area contributed by atoms with E-state index in [0.29, 0.717) is 18.4 Å². The molecule has 0 saturated carbocycles. The lowest BCUT2D eigenvalue weighted by Gasteiger charge is -2.37. The Morgan fingerprint density at radius 2 is 1.69 bits per heavy atom. The predicted molar refractivity (Wildman–Crippen MR) is 89.8 cm³/mol. The van der Waals surface area contributed by atoms with E-state index in [1.165, 1.54) is 18.4 Å². The van der Waals surface area contributed by atoms with Crippen LogP contribution in [0, 0.1) is 0 Å². The van der Waals surface area contributed by atoms with Gasteiger partial charge in [0, 0.05) is 18.1 Å². The minimum absolute atomic E-state index is 0.000237. The molecule has 3 rings (SSSR count). The molecule has 2 heterocycles. The van der Waals surface area contributed by atoms with Crippen LogP contribution in [-0.2, 0) is 27.4 Å². The zero-order chi connectivity index (χ0) is 19.1. The van der Waals surface area contributed by atoms with Crippen molar-refractivity contribution < 1.29 is 26.4 Å². The molecular weight excluding hydrogens is 369 g/mol. The molecule has 9 heteroatoms. The van der Waals surface area contributed by atoms with Gasteiger partial charge in [-0.3, -0.25) is 4.79 Å². The van der Waals surface area contributed by atoms with Gasteiger partial charge >= 0.3 is 6.18 Å². The van der Waals surface area contributed by atoms with Gasteiger partial charge in [-0.25, -0.2) is 8.42 Å². The highest BCUT2D eigenvalue weighted by Crippen LogP contribution is 2.37. The lowest BCUT2D eigenvalue weighted by atomic mass is 9.99. The molecule has 0 aromatic heterocycles. The molecule has 2 aliphatic heterocycles. The molecule has 5 nitrogen and oxygen atoms in total. The second-order valence-corrected chi connectivity index (χ2v) is 8.97. The first kappa shape index (κ1) is 19.2. The summed E-state index contributed by atoms with van der Waals surface area (Å²) in [7, 11) is -3.25. The summed E-state index contributed by atoms with van der Waals surface area (Å²) in [6.07, 6.45) is -0.452. The number of piperidine rings is 1. The Kier molecular flexibility index (Phi) is 5.04. The van der Waals surface area contributed by atoms with E-state index < -0.39 is 21.8 Å². The number of halogens is 3. The van der Waals surface area contributed by atoms with Crippen molar-refractivity contribution in [1.82, 2.24) is 9.62 Å². The third kappa shape index (κ3) is 4.20. The first-order valence-electron chi connectivity index (χ1n) is 8.48. The summed E-state index contributed by atoms with van der Waals surface area (Å²) >= 11 is 0. The Morgan fingerprint density at radius 3 is 2.15 bits per heavy atom. The number of rotatable bonds is 4. The number of nitrogens with zero attached hydrogens (tertiary/aromatic N) is 1. The normalized spacial score (nSPS) is 26.7. The van der Waals surface area contributed by atoms with E-state index in [4.69, 9.17) is 0 Å². The number of benzene rings is 1. The fourth-order valence-corrected chi connectivity index (χ4v) is 5.54. The zero-order valence-corrected chi connectivity index (χ0v) is 15.1. The molecule has 0 aliphatic carbocycles. The largest absolute Gasteiger partial charge is 0.416 e. The summed E-state index contributed by atoms with van der Waals surface area (Å²) in [5.74, 6) is -0.262. The van der Waals surface area contributed by atoms with Gasteiger partial charge in [-0.1, -0.05) is 12.1 Å². The molecule has 26 heavy (non-hydrogen) atoms. The molecule has 2 fully saturated rings. The fraction of sp³-hybridized carbons (Fsp3) is 0.588. The third-order valence-corrected chi connectivity index (χ3v) is 6.42. The van der Waals surface area contributed by atoms with Crippen LogP contribution in [0.25, 0.3) is 0 Å². The van der Waals surface area contributed by atoms with E-state index in [0.717, 1.165) is 25.0 Å². The molecule has 2 aliphatic rings. The maximum Gasteiger partial charge on any atom is 0.416 e. The highest BCUT2D eigenvalue weighted by atomic mass is 32.2. The quantitative estimate of drug-likeness (QED) is 0.858. The van der Waals surface area contributed by atoms with Gasteiger partial charge in [0.15, 0.2) is 0 Å². The molecule has 1 aromatic carbocycles. The average Bonchev–Trinajstić information content (AvgIpc) is 2.79. The van der Waals surface area contributed by atoms with Crippen LogP contribution in [0.5, 0.6) is 0 Å². The van der Waals surface area contributed by atoms with Gasteiger partial charge in [0.25, 0.3) is 0 Å². The van der Waals surface area contributed by atoms with Gasteiger partial charge in [0.05, 0.1) is 18.2 Å². The second-order valence-electron chi connectivity index (χ2n) is 7.09. The van der Waals surface area contributed by atoms with Crippen LogP contribution < -0.4 is 5.32 Å². The van der Waals surface area contributed by atoms with E-state index in [1.54, 1.807) is 4.31 Å². The molecule has 1 amide bonds. The van der Waals surface area contributed by atoms with Crippen LogP contribution in [0.3, 0.4) is 0 Å². The van der Waals surface area contributed by atoms with Crippen molar-refractivity contribution in [2.75, 3.05) is 6.26 Å². The Balaban J connectivity index is 1.57. The number of nitrogens with one attached hydrogen (secondary N) is 1. The minimum Gasteiger partial charge on any atom is -0.353 e. The fourth-order valence-electron chi connectivity index (χ4n) is 4.07. The van der Waals surface area contributed by atoms with E-state index >= 15 is 0 Å². The molecule has 0 radical (unpaired) electrons. The number of sulfonamides is 1. The van der Waals surface area contributed by atoms with Gasteiger partial charge in [0.1, 0.15) is 0 Å². The maximum absolute atomic E-state index is 12.6. The monoisotopic (exact) mass is 390 g/mol. The molecule has 0 spiro atoms. The topological polar surface area (TPSA) is 66.5 Å². The number of hydrogen-bond donors (Lipinski definition) is 1. The third-order valence-electron chi connectivity index (χ3n) is 5.06. The van der Waals surface area contributed by atoms with Crippen LogP contribution in [-0.4, -0.2) is 43.0 Å². The SMILES string of the molecule is CS(=O)(=O)N1[C@H]2CC[C@H]1CC(NC(=O)Cc1ccc(C(F)(F)F)cc1)C2. The van der Waals surface area contributed by atoms with Gasteiger partial charge in [-0.2, -0.15) is 17.5 Å². The average molecular weight is 390 g/mol. The van der Waals surface area contributed by atoms with E-state index in [-0.39, 0.29) is 30.5 Å². The molecule has 2 bridgehead atoms. The molecule has 1 N–H and O–H groups in total. The Morgan fingerprint density at radius 1 is 1.15 bits per heavy atom. The number of fused-ring (bicyclic) bond motifs is 2. The zero-order valence-electron chi connectivity index (χ0n) is 14.3. The molecule has 2 atom stereocenters. The number of carbonyl (C=O) groups excluding carboxylic acids is 1. The summed E-state index contributed by atoms with van der Waals surface area (Å²) in [4.78, 5) is 12.2. The molecule has 0 unspecified atom stereocenters. The van der Waals surface area contributed by atoms with Crippen molar-refractivity contribution in [2.45, 2.75) is 56.4 Å². The van der Waals surface area contributed by atoms with Crippen LogP contribution in [0.2, 0.25) is 0 Å². The Hall–Kier alpha value is -1.61.